The van der Waals surface area contributed by atoms with Crippen molar-refractivity contribution in [2.75, 3.05) is 0 Å². The molecular weight excluding hydrogens is 193 g/mol. The molecule has 3 heteroatoms. The average Bonchev–Trinajstić information content (AvgIpc) is 2.56. The fourth-order valence-electron chi connectivity index (χ4n) is 1.49. The van der Waals surface area contributed by atoms with E-state index in [1.807, 2.05) is 26.8 Å². The molecule has 0 spiro atoms. The molecule has 0 amide bonds. The van der Waals surface area contributed by atoms with E-state index in [0.29, 0.717) is 11.1 Å². The minimum atomic E-state index is -0.384. The summed E-state index contributed by atoms with van der Waals surface area (Å²) in [5, 5.41) is 0.566. The molecule has 1 heterocycles. The summed E-state index contributed by atoms with van der Waals surface area (Å²) in [7, 11) is 0. The summed E-state index contributed by atoms with van der Waals surface area (Å²) in [6.45, 7) is 5.69. The van der Waals surface area contributed by atoms with Crippen LogP contribution >= 0.6 is 0 Å². The third-order valence-electron chi connectivity index (χ3n) is 2.05. The Kier molecular flexibility index (Phi) is 2.18. The van der Waals surface area contributed by atoms with Crippen molar-refractivity contribution in [1.29, 1.82) is 0 Å². The smallest absolute Gasteiger partial charge is 0.174 e. The van der Waals surface area contributed by atoms with Gasteiger partial charge in [0, 0.05) is 17.1 Å². The summed E-state index contributed by atoms with van der Waals surface area (Å²) in [5.41, 5.74) is 0.402. The first-order chi connectivity index (χ1) is 6.97. The Morgan fingerprint density at radius 2 is 1.93 bits per heavy atom. The SMILES string of the molecule is CC(C)(C)Oc1ccc2[nH]ccc2c1F. The van der Waals surface area contributed by atoms with Crippen LogP contribution in [0.15, 0.2) is 24.4 Å². The molecule has 1 aromatic carbocycles. The maximum absolute atomic E-state index is 13.9. The van der Waals surface area contributed by atoms with Crippen LogP contribution in [0.3, 0.4) is 0 Å². The van der Waals surface area contributed by atoms with Gasteiger partial charge >= 0.3 is 0 Å². The second-order valence-electron chi connectivity index (χ2n) is 4.53. The molecule has 1 aromatic heterocycles. The minimum absolute atomic E-state index is 0.301. The van der Waals surface area contributed by atoms with Crippen LogP contribution in [0.4, 0.5) is 4.39 Å². The van der Waals surface area contributed by atoms with Crippen molar-refractivity contribution in [2.24, 2.45) is 0 Å². The van der Waals surface area contributed by atoms with E-state index in [4.69, 9.17) is 4.74 Å². The van der Waals surface area contributed by atoms with Crippen LogP contribution in [-0.2, 0) is 0 Å². The first-order valence-corrected chi connectivity index (χ1v) is 4.92. The van der Waals surface area contributed by atoms with Crippen molar-refractivity contribution in [3.63, 3.8) is 0 Å². The van der Waals surface area contributed by atoms with E-state index in [1.165, 1.54) is 0 Å². The first-order valence-electron chi connectivity index (χ1n) is 4.92. The molecule has 0 aliphatic heterocycles. The predicted molar refractivity (Wildman–Crippen MR) is 58.6 cm³/mol. The first kappa shape index (κ1) is 10.0. The van der Waals surface area contributed by atoms with E-state index in [0.717, 1.165) is 5.52 Å². The molecule has 0 saturated heterocycles. The molecule has 15 heavy (non-hydrogen) atoms. The number of ether oxygens (including phenoxy) is 1. The Labute approximate surface area is 88.1 Å². The summed E-state index contributed by atoms with van der Waals surface area (Å²) in [5.74, 6) is -0.00160. The van der Waals surface area contributed by atoms with E-state index in [9.17, 15) is 4.39 Å². The lowest BCUT2D eigenvalue weighted by atomic mass is 10.2. The van der Waals surface area contributed by atoms with Crippen molar-refractivity contribution in [3.8, 4) is 5.75 Å². The molecular formula is C12H14FNO. The monoisotopic (exact) mass is 207 g/mol. The molecule has 0 atom stereocenters. The van der Waals surface area contributed by atoms with Crippen molar-refractivity contribution in [2.45, 2.75) is 26.4 Å². The van der Waals surface area contributed by atoms with Gasteiger partial charge in [-0.05, 0) is 39.0 Å². The molecule has 80 valence electrons. The highest BCUT2D eigenvalue weighted by Crippen LogP contribution is 2.28. The Morgan fingerprint density at radius 1 is 1.20 bits per heavy atom. The number of fused-ring (bicyclic) bond motifs is 1. The quantitative estimate of drug-likeness (QED) is 0.760. The third kappa shape index (κ3) is 1.96. The largest absolute Gasteiger partial charge is 0.485 e. The van der Waals surface area contributed by atoms with Crippen LogP contribution in [0.2, 0.25) is 0 Å². The summed E-state index contributed by atoms with van der Waals surface area (Å²) in [6.07, 6.45) is 1.72. The standard InChI is InChI=1S/C12H14FNO/c1-12(2,3)15-10-5-4-9-8(11(10)13)6-7-14-9/h4-7,14H,1-3H3. The van der Waals surface area contributed by atoms with E-state index >= 15 is 0 Å². The summed E-state index contributed by atoms with van der Waals surface area (Å²) in [6, 6.07) is 5.18. The number of rotatable bonds is 1. The molecule has 0 bridgehead atoms. The summed E-state index contributed by atoms with van der Waals surface area (Å²) >= 11 is 0. The predicted octanol–water partition coefficient (Wildman–Crippen LogP) is 3.48. The second kappa shape index (κ2) is 3.26. The minimum Gasteiger partial charge on any atom is -0.485 e. The van der Waals surface area contributed by atoms with E-state index < -0.39 is 0 Å². The Balaban J connectivity index is 2.48. The number of nitrogens with one attached hydrogen (secondary N) is 1. The lowest BCUT2D eigenvalue weighted by Gasteiger charge is -2.21. The highest BCUT2D eigenvalue weighted by atomic mass is 19.1. The zero-order valence-electron chi connectivity index (χ0n) is 9.10. The average molecular weight is 207 g/mol. The molecule has 0 unspecified atom stereocenters. The van der Waals surface area contributed by atoms with Crippen LogP contribution in [0, 0.1) is 5.82 Å². The maximum Gasteiger partial charge on any atom is 0.174 e. The Hall–Kier alpha value is -1.51. The molecule has 2 aromatic rings. The zero-order valence-corrected chi connectivity index (χ0v) is 9.10. The molecule has 0 saturated carbocycles. The van der Waals surface area contributed by atoms with Crippen molar-refractivity contribution in [3.05, 3.63) is 30.2 Å². The van der Waals surface area contributed by atoms with Gasteiger partial charge in [0.05, 0.1) is 0 Å². The van der Waals surface area contributed by atoms with Gasteiger partial charge < -0.3 is 9.72 Å². The van der Waals surface area contributed by atoms with Gasteiger partial charge in [-0.15, -0.1) is 0 Å². The van der Waals surface area contributed by atoms with Crippen molar-refractivity contribution >= 4 is 10.9 Å². The Bertz CT molecular complexity index is 482. The number of benzene rings is 1. The molecule has 0 aliphatic carbocycles. The van der Waals surface area contributed by atoms with Crippen LogP contribution in [0.25, 0.3) is 10.9 Å². The van der Waals surface area contributed by atoms with Gasteiger partial charge in [-0.3, -0.25) is 0 Å². The van der Waals surface area contributed by atoms with Crippen LogP contribution in [0.5, 0.6) is 5.75 Å². The zero-order chi connectivity index (χ0) is 11.1. The number of aromatic nitrogens is 1. The maximum atomic E-state index is 13.9. The topological polar surface area (TPSA) is 25.0 Å². The lowest BCUT2D eigenvalue weighted by Crippen LogP contribution is -2.23. The van der Waals surface area contributed by atoms with E-state index in [2.05, 4.69) is 4.98 Å². The van der Waals surface area contributed by atoms with Gasteiger partial charge in [-0.2, -0.15) is 0 Å². The van der Waals surface area contributed by atoms with Crippen molar-refractivity contribution in [1.82, 2.24) is 4.98 Å². The number of H-pyrrole nitrogens is 1. The fourth-order valence-corrected chi connectivity index (χ4v) is 1.49. The molecule has 1 N–H and O–H groups in total. The second-order valence-corrected chi connectivity index (χ2v) is 4.53. The normalized spacial score (nSPS) is 12.0. The van der Waals surface area contributed by atoms with E-state index in [1.54, 1.807) is 18.3 Å². The van der Waals surface area contributed by atoms with Gasteiger partial charge in [0.15, 0.2) is 11.6 Å². The molecule has 2 nitrogen and oxygen atoms in total. The molecule has 0 radical (unpaired) electrons. The Morgan fingerprint density at radius 3 is 2.60 bits per heavy atom. The van der Waals surface area contributed by atoms with Gasteiger partial charge in [0.2, 0.25) is 0 Å². The van der Waals surface area contributed by atoms with Crippen LogP contribution in [0.1, 0.15) is 20.8 Å². The van der Waals surface area contributed by atoms with Crippen LogP contribution < -0.4 is 4.74 Å². The summed E-state index contributed by atoms with van der Waals surface area (Å²) < 4.78 is 19.4. The van der Waals surface area contributed by atoms with Crippen LogP contribution in [-0.4, -0.2) is 10.6 Å². The number of hydrogen-bond donors (Lipinski definition) is 1. The number of halogens is 1. The van der Waals surface area contributed by atoms with Gasteiger partial charge in [0.1, 0.15) is 5.60 Å². The van der Waals surface area contributed by atoms with E-state index in [-0.39, 0.29) is 11.4 Å². The third-order valence-corrected chi connectivity index (χ3v) is 2.05. The van der Waals surface area contributed by atoms with Gasteiger partial charge in [-0.25, -0.2) is 4.39 Å². The van der Waals surface area contributed by atoms with Gasteiger partial charge in [-0.1, -0.05) is 0 Å². The summed E-state index contributed by atoms with van der Waals surface area (Å²) in [4.78, 5) is 2.95. The number of aromatic amines is 1. The van der Waals surface area contributed by atoms with Gasteiger partial charge in [0.25, 0.3) is 0 Å². The fraction of sp³-hybridized carbons (Fsp3) is 0.333. The highest BCUT2D eigenvalue weighted by molar-refractivity contribution is 5.81. The molecule has 2 rings (SSSR count). The lowest BCUT2D eigenvalue weighted by molar-refractivity contribution is 0.125. The van der Waals surface area contributed by atoms with Crippen molar-refractivity contribution < 1.29 is 9.13 Å². The number of hydrogen-bond acceptors (Lipinski definition) is 1. The highest BCUT2D eigenvalue weighted by Gasteiger charge is 2.16. The molecule has 0 fully saturated rings. The molecule has 0 aliphatic rings.